The topological polar surface area (TPSA) is 81.5 Å². The molecule has 0 aromatic carbocycles. The van der Waals surface area contributed by atoms with Crippen molar-refractivity contribution in [1.82, 2.24) is 9.47 Å². The van der Waals surface area contributed by atoms with Gasteiger partial charge in [-0.2, -0.15) is 0 Å². The number of hydrogen-bond donors (Lipinski definition) is 1. The lowest BCUT2D eigenvalue weighted by molar-refractivity contribution is -0.121. The third-order valence-electron chi connectivity index (χ3n) is 4.58. The number of aryl methyl sites for hydroxylation is 1. The second-order valence-electron chi connectivity index (χ2n) is 6.09. The standard InChI is InChI=1S/C17H21N3O3/c1-11-8-15(12(2)20(11)10-14-4-3-7-23-14)17(22)19-6-5-13(9-19)16(18)21/h3-4,7-8,13H,5-6,9-10H2,1-2H3,(H2,18,21)/t13-/m1/s1. The van der Waals surface area contributed by atoms with Crippen LogP contribution in [-0.2, 0) is 11.3 Å². The number of nitrogens with two attached hydrogens (primary N) is 1. The van der Waals surface area contributed by atoms with Crippen LogP contribution in [0.15, 0.2) is 28.9 Å². The van der Waals surface area contributed by atoms with Crippen molar-refractivity contribution in [3.63, 3.8) is 0 Å². The van der Waals surface area contributed by atoms with Gasteiger partial charge in [0.25, 0.3) is 5.91 Å². The number of carbonyl (C=O) groups excluding carboxylic acids is 2. The van der Waals surface area contributed by atoms with E-state index >= 15 is 0 Å². The van der Waals surface area contributed by atoms with Gasteiger partial charge in [-0.05, 0) is 38.5 Å². The Kier molecular flexibility index (Phi) is 3.98. The number of amides is 2. The second kappa shape index (κ2) is 5.95. The van der Waals surface area contributed by atoms with Crippen LogP contribution in [0.2, 0.25) is 0 Å². The molecule has 122 valence electrons. The maximum atomic E-state index is 12.7. The van der Waals surface area contributed by atoms with Crippen LogP contribution in [0.5, 0.6) is 0 Å². The van der Waals surface area contributed by atoms with E-state index < -0.39 is 0 Å². The fourth-order valence-electron chi connectivity index (χ4n) is 3.17. The number of rotatable bonds is 4. The third kappa shape index (κ3) is 2.88. The minimum absolute atomic E-state index is 0.0347. The highest BCUT2D eigenvalue weighted by molar-refractivity contribution is 5.96. The molecule has 3 rings (SSSR count). The molecule has 1 aliphatic heterocycles. The summed E-state index contributed by atoms with van der Waals surface area (Å²) in [5, 5.41) is 0. The van der Waals surface area contributed by atoms with Gasteiger partial charge < -0.3 is 19.6 Å². The van der Waals surface area contributed by atoms with Gasteiger partial charge in [-0.15, -0.1) is 0 Å². The smallest absolute Gasteiger partial charge is 0.255 e. The maximum absolute atomic E-state index is 12.7. The van der Waals surface area contributed by atoms with E-state index in [0.29, 0.717) is 31.6 Å². The molecule has 6 nitrogen and oxygen atoms in total. The summed E-state index contributed by atoms with van der Waals surface area (Å²) < 4.78 is 7.45. The number of aromatic nitrogens is 1. The van der Waals surface area contributed by atoms with Crippen molar-refractivity contribution >= 4 is 11.8 Å². The van der Waals surface area contributed by atoms with Crippen LogP contribution in [0.4, 0.5) is 0 Å². The van der Waals surface area contributed by atoms with Gasteiger partial charge in [-0.3, -0.25) is 9.59 Å². The molecule has 0 unspecified atom stereocenters. The van der Waals surface area contributed by atoms with E-state index in [1.54, 1.807) is 11.2 Å². The van der Waals surface area contributed by atoms with Crippen LogP contribution in [0, 0.1) is 19.8 Å². The Bertz CT molecular complexity index is 731. The SMILES string of the molecule is Cc1cc(C(=O)N2CC[C@@H](C(N)=O)C2)c(C)n1Cc1ccco1. The molecule has 23 heavy (non-hydrogen) atoms. The van der Waals surface area contributed by atoms with Gasteiger partial charge in [0.1, 0.15) is 5.76 Å². The summed E-state index contributed by atoms with van der Waals surface area (Å²) in [5.74, 6) is 0.252. The van der Waals surface area contributed by atoms with Crippen LogP contribution in [0.3, 0.4) is 0 Å². The van der Waals surface area contributed by atoms with Gasteiger partial charge in [0.05, 0.1) is 24.3 Å². The Hall–Kier alpha value is -2.50. The number of carbonyl (C=O) groups is 2. The van der Waals surface area contributed by atoms with E-state index in [0.717, 1.165) is 17.1 Å². The van der Waals surface area contributed by atoms with Gasteiger partial charge in [0.15, 0.2) is 0 Å². The minimum Gasteiger partial charge on any atom is -0.467 e. The van der Waals surface area contributed by atoms with Crippen LogP contribution in [0.1, 0.15) is 33.9 Å². The lowest BCUT2D eigenvalue weighted by Crippen LogP contribution is -2.32. The fraction of sp³-hybridized carbons (Fsp3) is 0.412. The molecule has 0 aliphatic carbocycles. The van der Waals surface area contributed by atoms with E-state index in [4.69, 9.17) is 10.2 Å². The fourth-order valence-corrected chi connectivity index (χ4v) is 3.17. The van der Waals surface area contributed by atoms with Crippen molar-refractivity contribution < 1.29 is 14.0 Å². The monoisotopic (exact) mass is 315 g/mol. The number of furan rings is 1. The largest absolute Gasteiger partial charge is 0.467 e. The lowest BCUT2D eigenvalue weighted by Gasteiger charge is -2.16. The Morgan fingerprint density at radius 2 is 2.17 bits per heavy atom. The molecule has 0 bridgehead atoms. The van der Waals surface area contributed by atoms with Crippen molar-refractivity contribution in [2.24, 2.45) is 11.7 Å². The molecular formula is C17H21N3O3. The van der Waals surface area contributed by atoms with Gasteiger partial charge in [0.2, 0.25) is 5.91 Å². The highest BCUT2D eigenvalue weighted by Gasteiger charge is 2.31. The molecule has 0 saturated carbocycles. The molecule has 0 spiro atoms. The number of primary amides is 1. The molecule has 1 fully saturated rings. The molecule has 6 heteroatoms. The Balaban J connectivity index is 1.81. The highest BCUT2D eigenvalue weighted by Crippen LogP contribution is 2.23. The van der Waals surface area contributed by atoms with Gasteiger partial charge in [-0.25, -0.2) is 0 Å². The summed E-state index contributed by atoms with van der Waals surface area (Å²) in [7, 11) is 0. The van der Waals surface area contributed by atoms with Crippen molar-refractivity contribution in [1.29, 1.82) is 0 Å². The Morgan fingerprint density at radius 3 is 2.78 bits per heavy atom. The van der Waals surface area contributed by atoms with Gasteiger partial charge in [0, 0.05) is 24.5 Å². The molecule has 1 aliphatic rings. The van der Waals surface area contributed by atoms with Gasteiger partial charge >= 0.3 is 0 Å². The van der Waals surface area contributed by atoms with Crippen LogP contribution in [-0.4, -0.2) is 34.4 Å². The molecule has 2 N–H and O–H groups in total. The first kappa shape index (κ1) is 15.4. The van der Waals surface area contributed by atoms with Gasteiger partial charge in [-0.1, -0.05) is 0 Å². The summed E-state index contributed by atoms with van der Waals surface area (Å²) >= 11 is 0. The molecule has 2 aromatic rings. The van der Waals surface area contributed by atoms with E-state index in [-0.39, 0.29) is 17.7 Å². The zero-order valence-electron chi connectivity index (χ0n) is 13.4. The summed E-state index contributed by atoms with van der Waals surface area (Å²) in [4.78, 5) is 25.7. The normalized spacial score (nSPS) is 17.7. The zero-order valence-corrected chi connectivity index (χ0v) is 13.4. The number of likely N-dealkylation sites (tertiary alicyclic amines) is 1. The molecular weight excluding hydrogens is 294 g/mol. The summed E-state index contributed by atoms with van der Waals surface area (Å²) in [6.45, 7) is 5.50. The van der Waals surface area contributed by atoms with Crippen LogP contribution < -0.4 is 5.73 Å². The van der Waals surface area contributed by atoms with Crippen molar-refractivity contribution in [2.75, 3.05) is 13.1 Å². The second-order valence-corrected chi connectivity index (χ2v) is 6.09. The zero-order chi connectivity index (χ0) is 16.6. The predicted molar refractivity (Wildman–Crippen MR) is 84.9 cm³/mol. The number of nitrogens with zero attached hydrogens (tertiary/aromatic N) is 2. The summed E-state index contributed by atoms with van der Waals surface area (Å²) in [5.41, 5.74) is 7.94. The first-order valence-electron chi connectivity index (χ1n) is 7.75. The first-order chi connectivity index (χ1) is 11.0. The molecule has 3 heterocycles. The van der Waals surface area contributed by atoms with E-state index in [1.807, 2.05) is 32.0 Å². The quantitative estimate of drug-likeness (QED) is 0.932. The van der Waals surface area contributed by atoms with Crippen molar-refractivity contribution in [2.45, 2.75) is 26.8 Å². The molecule has 1 atom stereocenters. The predicted octanol–water partition coefficient (Wildman–Crippen LogP) is 1.69. The number of hydrogen-bond acceptors (Lipinski definition) is 3. The van der Waals surface area contributed by atoms with E-state index in [1.165, 1.54) is 0 Å². The lowest BCUT2D eigenvalue weighted by atomic mass is 10.1. The van der Waals surface area contributed by atoms with E-state index in [9.17, 15) is 9.59 Å². The first-order valence-corrected chi connectivity index (χ1v) is 7.75. The van der Waals surface area contributed by atoms with E-state index in [2.05, 4.69) is 4.57 Å². The highest BCUT2D eigenvalue weighted by atomic mass is 16.3. The summed E-state index contributed by atoms with van der Waals surface area (Å²) in [6.07, 6.45) is 2.29. The van der Waals surface area contributed by atoms with Crippen LogP contribution >= 0.6 is 0 Å². The average Bonchev–Trinajstić information content (AvgIpc) is 3.23. The average molecular weight is 315 g/mol. The molecule has 1 saturated heterocycles. The molecule has 2 aromatic heterocycles. The third-order valence-corrected chi connectivity index (χ3v) is 4.58. The molecule has 2 amide bonds. The van der Waals surface area contributed by atoms with Crippen molar-refractivity contribution in [3.8, 4) is 0 Å². The summed E-state index contributed by atoms with van der Waals surface area (Å²) in [6, 6.07) is 5.67. The maximum Gasteiger partial charge on any atom is 0.255 e. The van der Waals surface area contributed by atoms with Crippen molar-refractivity contribution in [3.05, 3.63) is 47.2 Å². The van der Waals surface area contributed by atoms with Crippen LogP contribution in [0.25, 0.3) is 0 Å². The molecule has 0 radical (unpaired) electrons. The Labute approximate surface area is 134 Å². The Morgan fingerprint density at radius 1 is 1.39 bits per heavy atom. The minimum atomic E-state index is -0.330.